The Labute approximate surface area is 129 Å². The van der Waals surface area contributed by atoms with Crippen molar-refractivity contribution in [2.75, 3.05) is 27.7 Å². The SMILES string of the molecule is CCCCCC/C=C\CCCCCCCC[N+](C)(C)C. The van der Waals surface area contributed by atoms with Crippen LogP contribution in [0.4, 0.5) is 0 Å². The Morgan fingerprint density at radius 1 is 0.600 bits per heavy atom. The lowest BCUT2D eigenvalue weighted by molar-refractivity contribution is -0.870. The molecule has 20 heavy (non-hydrogen) atoms. The molecule has 0 aliphatic heterocycles. The van der Waals surface area contributed by atoms with Gasteiger partial charge in [0.25, 0.3) is 0 Å². The quantitative estimate of drug-likeness (QED) is 0.210. The van der Waals surface area contributed by atoms with E-state index in [1.165, 1.54) is 83.6 Å². The normalized spacial score (nSPS) is 12.4. The summed E-state index contributed by atoms with van der Waals surface area (Å²) in [6, 6.07) is 0. The molecule has 0 aromatic carbocycles. The lowest BCUT2D eigenvalue weighted by Gasteiger charge is -2.23. The van der Waals surface area contributed by atoms with Crippen molar-refractivity contribution >= 4 is 0 Å². The van der Waals surface area contributed by atoms with Gasteiger partial charge in [0.05, 0.1) is 27.7 Å². The predicted molar refractivity (Wildman–Crippen MR) is 93.1 cm³/mol. The van der Waals surface area contributed by atoms with Crippen LogP contribution >= 0.6 is 0 Å². The van der Waals surface area contributed by atoms with Crippen LogP contribution < -0.4 is 0 Å². The molecule has 120 valence electrons. The van der Waals surface area contributed by atoms with Crippen molar-refractivity contribution in [1.82, 2.24) is 0 Å². The molecule has 0 spiro atoms. The van der Waals surface area contributed by atoms with Crippen LogP contribution in [0.15, 0.2) is 12.2 Å². The van der Waals surface area contributed by atoms with E-state index in [-0.39, 0.29) is 0 Å². The molecule has 0 amide bonds. The van der Waals surface area contributed by atoms with Crippen molar-refractivity contribution in [3.8, 4) is 0 Å². The average molecular weight is 283 g/mol. The number of hydrogen-bond acceptors (Lipinski definition) is 0. The summed E-state index contributed by atoms with van der Waals surface area (Å²) in [6.07, 6.45) is 21.4. The van der Waals surface area contributed by atoms with Gasteiger partial charge in [-0.1, -0.05) is 57.6 Å². The molecule has 0 atom stereocenters. The Morgan fingerprint density at radius 3 is 1.55 bits per heavy atom. The molecule has 0 fully saturated rings. The molecule has 0 saturated heterocycles. The zero-order valence-corrected chi connectivity index (χ0v) is 14.8. The third-order valence-corrected chi connectivity index (χ3v) is 3.84. The molecule has 0 rings (SSSR count). The van der Waals surface area contributed by atoms with Gasteiger partial charge >= 0.3 is 0 Å². The van der Waals surface area contributed by atoms with E-state index >= 15 is 0 Å². The highest BCUT2D eigenvalue weighted by molar-refractivity contribution is 4.81. The predicted octanol–water partition coefficient (Wildman–Crippen LogP) is 5.95. The summed E-state index contributed by atoms with van der Waals surface area (Å²) in [5.74, 6) is 0. The van der Waals surface area contributed by atoms with Crippen molar-refractivity contribution in [2.45, 2.75) is 84.0 Å². The fourth-order valence-electron chi connectivity index (χ4n) is 2.48. The zero-order chi connectivity index (χ0) is 15.1. The van der Waals surface area contributed by atoms with E-state index in [2.05, 4.69) is 40.2 Å². The summed E-state index contributed by atoms with van der Waals surface area (Å²) in [7, 11) is 6.86. The summed E-state index contributed by atoms with van der Waals surface area (Å²) < 4.78 is 1.11. The van der Waals surface area contributed by atoms with Gasteiger partial charge < -0.3 is 4.48 Å². The van der Waals surface area contributed by atoms with Crippen LogP contribution in [-0.4, -0.2) is 32.2 Å². The van der Waals surface area contributed by atoms with Crippen molar-refractivity contribution in [2.24, 2.45) is 0 Å². The monoisotopic (exact) mass is 282 g/mol. The van der Waals surface area contributed by atoms with Crippen LogP contribution in [0.2, 0.25) is 0 Å². The molecule has 0 saturated carbocycles. The van der Waals surface area contributed by atoms with Gasteiger partial charge in [-0.25, -0.2) is 0 Å². The van der Waals surface area contributed by atoms with E-state index in [1.807, 2.05) is 0 Å². The molecule has 0 aromatic heterocycles. The highest BCUT2D eigenvalue weighted by Gasteiger charge is 2.04. The van der Waals surface area contributed by atoms with E-state index in [0.717, 1.165) is 4.48 Å². The smallest absolute Gasteiger partial charge is 0.0780 e. The Bertz CT molecular complexity index is 212. The molecular weight excluding hydrogens is 242 g/mol. The van der Waals surface area contributed by atoms with Gasteiger partial charge in [-0.3, -0.25) is 0 Å². The minimum absolute atomic E-state index is 1.11. The van der Waals surface area contributed by atoms with E-state index < -0.39 is 0 Å². The minimum atomic E-state index is 1.11. The van der Waals surface area contributed by atoms with Crippen LogP contribution in [0.5, 0.6) is 0 Å². The van der Waals surface area contributed by atoms with E-state index in [4.69, 9.17) is 0 Å². The first-order chi connectivity index (χ1) is 9.56. The number of quaternary nitrogens is 1. The third kappa shape index (κ3) is 17.7. The molecule has 0 aliphatic carbocycles. The molecule has 0 aromatic rings. The first kappa shape index (κ1) is 19.7. The lowest BCUT2D eigenvalue weighted by atomic mass is 10.1. The van der Waals surface area contributed by atoms with Gasteiger partial charge in [-0.2, -0.15) is 0 Å². The maximum absolute atomic E-state index is 2.41. The van der Waals surface area contributed by atoms with Crippen molar-refractivity contribution in [3.05, 3.63) is 12.2 Å². The van der Waals surface area contributed by atoms with Crippen molar-refractivity contribution in [3.63, 3.8) is 0 Å². The third-order valence-electron chi connectivity index (χ3n) is 3.84. The molecule has 0 aliphatic rings. The largest absolute Gasteiger partial charge is 0.331 e. The van der Waals surface area contributed by atoms with E-state index in [9.17, 15) is 0 Å². The zero-order valence-electron chi connectivity index (χ0n) is 14.8. The number of nitrogens with zero attached hydrogens (tertiary/aromatic N) is 1. The summed E-state index contributed by atoms with van der Waals surface area (Å²) in [4.78, 5) is 0. The topological polar surface area (TPSA) is 0 Å². The molecule has 1 heteroatoms. The second kappa shape index (κ2) is 13.7. The first-order valence-corrected chi connectivity index (χ1v) is 9.01. The summed E-state index contributed by atoms with van der Waals surface area (Å²) in [6.45, 7) is 3.60. The summed E-state index contributed by atoms with van der Waals surface area (Å²) in [5.41, 5.74) is 0. The highest BCUT2D eigenvalue weighted by Crippen LogP contribution is 2.09. The lowest BCUT2D eigenvalue weighted by Crippen LogP contribution is -2.35. The molecule has 0 radical (unpaired) electrons. The maximum atomic E-state index is 2.41. The first-order valence-electron chi connectivity index (χ1n) is 9.01. The van der Waals surface area contributed by atoms with Crippen LogP contribution in [0.3, 0.4) is 0 Å². The van der Waals surface area contributed by atoms with Gasteiger partial charge in [0.15, 0.2) is 0 Å². The number of rotatable bonds is 14. The summed E-state index contributed by atoms with van der Waals surface area (Å²) >= 11 is 0. The average Bonchev–Trinajstić information content (AvgIpc) is 2.38. The fourth-order valence-corrected chi connectivity index (χ4v) is 2.48. The number of allylic oxidation sites excluding steroid dienone is 2. The highest BCUT2D eigenvalue weighted by atomic mass is 15.3. The fraction of sp³-hybridized carbons (Fsp3) is 0.895. The Kier molecular flexibility index (Phi) is 13.5. The van der Waals surface area contributed by atoms with Crippen LogP contribution in [0, 0.1) is 0 Å². The van der Waals surface area contributed by atoms with Crippen molar-refractivity contribution in [1.29, 1.82) is 0 Å². The van der Waals surface area contributed by atoms with Crippen molar-refractivity contribution < 1.29 is 4.48 Å². The van der Waals surface area contributed by atoms with Crippen LogP contribution in [-0.2, 0) is 0 Å². The molecule has 0 unspecified atom stereocenters. The molecule has 0 bridgehead atoms. The van der Waals surface area contributed by atoms with E-state index in [1.54, 1.807) is 0 Å². The van der Waals surface area contributed by atoms with Gasteiger partial charge in [-0.05, 0) is 38.5 Å². The summed E-state index contributed by atoms with van der Waals surface area (Å²) in [5, 5.41) is 0. The maximum Gasteiger partial charge on any atom is 0.0780 e. The Morgan fingerprint density at radius 2 is 1.05 bits per heavy atom. The standard InChI is InChI=1S/C19H40N/c1-5-6-7-8-9-10-11-12-13-14-15-16-17-18-19-20(2,3)4/h10-11H,5-9,12-19H2,1-4H3/q+1/b11-10-. The van der Waals surface area contributed by atoms with Gasteiger partial charge in [0.1, 0.15) is 0 Å². The second-order valence-electron chi connectivity index (χ2n) is 7.24. The van der Waals surface area contributed by atoms with Crippen LogP contribution in [0.25, 0.3) is 0 Å². The molecule has 0 heterocycles. The second-order valence-corrected chi connectivity index (χ2v) is 7.24. The Hall–Kier alpha value is -0.300. The number of unbranched alkanes of at least 4 members (excludes halogenated alkanes) is 10. The molecule has 1 nitrogen and oxygen atoms in total. The molecule has 0 N–H and O–H groups in total. The van der Waals surface area contributed by atoms with Gasteiger partial charge in [0, 0.05) is 0 Å². The minimum Gasteiger partial charge on any atom is -0.331 e. The number of hydrogen-bond donors (Lipinski definition) is 0. The van der Waals surface area contributed by atoms with E-state index in [0.29, 0.717) is 0 Å². The van der Waals surface area contributed by atoms with Crippen LogP contribution in [0.1, 0.15) is 84.0 Å². The van der Waals surface area contributed by atoms with Gasteiger partial charge in [-0.15, -0.1) is 0 Å². The Balaban J connectivity index is 3.11. The molecular formula is C19H40N+. The van der Waals surface area contributed by atoms with Gasteiger partial charge in [0.2, 0.25) is 0 Å².